The molecule has 6 nitrogen and oxygen atoms in total. The highest BCUT2D eigenvalue weighted by Gasteiger charge is 2.07. The molecular weight excluding hydrogens is 272 g/mol. The van der Waals surface area contributed by atoms with Crippen molar-refractivity contribution in [3.05, 3.63) is 28.2 Å². The molecule has 0 saturated heterocycles. The lowest BCUT2D eigenvalue weighted by molar-refractivity contribution is 0.950. The van der Waals surface area contributed by atoms with Crippen LogP contribution in [0.4, 0.5) is 5.82 Å². The van der Waals surface area contributed by atoms with E-state index < -0.39 is 0 Å². The van der Waals surface area contributed by atoms with Gasteiger partial charge in [-0.05, 0) is 13.3 Å². The van der Waals surface area contributed by atoms with Crippen molar-refractivity contribution in [3.8, 4) is 0 Å². The van der Waals surface area contributed by atoms with E-state index in [2.05, 4.69) is 44.1 Å². The third-order valence-electron chi connectivity index (χ3n) is 3.13. The molecule has 0 aliphatic carbocycles. The molecule has 0 radical (unpaired) electrons. The second kappa shape index (κ2) is 5.54. The van der Waals surface area contributed by atoms with Crippen molar-refractivity contribution in [1.82, 2.24) is 24.9 Å². The van der Waals surface area contributed by atoms with Crippen molar-refractivity contribution in [1.29, 1.82) is 0 Å². The van der Waals surface area contributed by atoms with Gasteiger partial charge in [0.05, 0.1) is 17.0 Å². The van der Waals surface area contributed by atoms with Crippen LogP contribution in [0.15, 0.2) is 12.7 Å². The molecule has 3 rings (SSSR count). The minimum atomic E-state index is 0.681. The number of rotatable bonds is 5. The molecule has 3 heterocycles. The number of aryl methyl sites for hydroxylation is 2. The second-order valence-corrected chi connectivity index (χ2v) is 5.75. The Balaban J connectivity index is 1.66. The molecule has 0 amide bonds. The van der Waals surface area contributed by atoms with Crippen LogP contribution in [0.3, 0.4) is 0 Å². The van der Waals surface area contributed by atoms with Gasteiger partial charge >= 0.3 is 0 Å². The molecule has 2 N–H and O–H groups in total. The van der Waals surface area contributed by atoms with Crippen LogP contribution < -0.4 is 5.32 Å². The first-order valence-corrected chi connectivity index (χ1v) is 7.42. The molecule has 0 aromatic carbocycles. The first-order chi connectivity index (χ1) is 9.78. The largest absolute Gasteiger partial charge is 0.368 e. The molecule has 7 heteroatoms. The summed E-state index contributed by atoms with van der Waals surface area (Å²) in [7, 11) is 0. The normalized spacial score (nSPS) is 11.1. The maximum atomic E-state index is 4.64. The number of thiazole rings is 1. The quantitative estimate of drug-likeness (QED) is 0.753. The molecule has 104 valence electrons. The van der Waals surface area contributed by atoms with E-state index in [1.54, 1.807) is 17.7 Å². The topological polar surface area (TPSA) is 79.4 Å². The number of hydrogen-bond donors (Lipinski definition) is 2. The van der Waals surface area contributed by atoms with Crippen LogP contribution in [0.1, 0.15) is 22.5 Å². The molecule has 0 aliphatic rings. The summed E-state index contributed by atoms with van der Waals surface area (Å²) >= 11 is 1.78. The van der Waals surface area contributed by atoms with Crippen LogP contribution in [0, 0.1) is 6.92 Å². The summed E-state index contributed by atoms with van der Waals surface area (Å²) in [5, 5.41) is 4.48. The first-order valence-electron chi connectivity index (χ1n) is 6.61. The van der Waals surface area contributed by atoms with E-state index in [1.807, 2.05) is 0 Å². The Morgan fingerprint density at radius 2 is 2.20 bits per heavy atom. The lowest BCUT2D eigenvalue weighted by Crippen LogP contribution is -2.07. The lowest BCUT2D eigenvalue weighted by Gasteiger charge is -2.04. The fourth-order valence-electron chi connectivity index (χ4n) is 2.11. The average Bonchev–Trinajstić information content (AvgIpc) is 3.05. The van der Waals surface area contributed by atoms with E-state index in [4.69, 9.17) is 0 Å². The number of fused-ring (bicyclic) bond motifs is 1. The molecule has 0 atom stereocenters. The second-order valence-electron chi connectivity index (χ2n) is 4.46. The zero-order chi connectivity index (χ0) is 13.9. The molecule has 0 fully saturated rings. The van der Waals surface area contributed by atoms with Gasteiger partial charge in [0.25, 0.3) is 0 Å². The molecule has 0 saturated carbocycles. The monoisotopic (exact) mass is 288 g/mol. The highest BCUT2D eigenvalue weighted by Crippen LogP contribution is 2.19. The van der Waals surface area contributed by atoms with Crippen molar-refractivity contribution in [2.75, 3.05) is 11.9 Å². The number of H-pyrrole nitrogens is 1. The number of hydrogen-bond acceptors (Lipinski definition) is 6. The molecule has 3 aromatic heterocycles. The summed E-state index contributed by atoms with van der Waals surface area (Å²) in [5.41, 5.74) is 2.74. The number of aromatic amines is 1. The Hall–Kier alpha value is -2.02. The first kappa shape index (κ1) is 13.0. The minimum absolute atomic E-state index is 0.681. The SMILES string of the molecule is CCc1nc(CCNc2ncnc3nc[nH]c23)sc1C. The average molecular weight is 288 g/mol. The van der Waals surface area contributed by atoms with E-state index in [9.17, 15) is 0 Å². The minimum Gasteiger partial charge on any atom is -0.368 e. The van der Waals surface area contributed by atoms with Crippen molar-refractivity contribution >= 4 is 28.3 Å². The summed E-state index contributed by atoms with van der Waals surface area (Å²) in [4.78, 5) is 21.4. The lowest BCUT2D eigenvalue weighted by atomic mass is 10.3. The molecule has 0 unspecified atom stereocenters. The molecule has 20 heavy (non-hydrogen) atoms. The van der Waals surface area contributed by atoms with Crippen molar-refractivity contribution < 1.29 is 0 Å². The Bertz CT molecular complexity index is 717. The Morgan fingerprint density at radius 3 is 3.00 bits per heavy atom. The van der Waals surface area contributed by atoms with Gasteiger partial charge in [-0.25, -0.2) is 19.9 Å². The maximum absolute atomic E-state index is 4.64. The van der Waals surface area contributed by atoms with E-state index in [0.29, 0.717) is 5.65 Å². The van der Waals surface area contributed by atoms with Crippen LogP contribution in [-0.4, -0.2) is 31.5 Å². The van der Waals surface area contributed by atoms with Crippen molar-refractivity contribution in [2.45, 2.75) is 26.7 Å². The van der Waals surface area contributed by atoms with Gasteiger partial charge in [-0.1, -0.05) is 6.92 Å². The predicted molar refractivity (Wildman–Crippen MR) is 80.1 cm³/mol. The maximum Gasteiger partial charge on any atom is 0.182 e. The molecule has 3 aromatic rings. The van der Waals surface area contributed by atoms with E-state index >= 15 is 0 Å². The summed E-state index contributed by atoms with van der Waals surface area (Å²) in [6.07, 6.45) is 5.04. The van der Waals surface area contributed by atoms with Gasteiger partial charge in [0, 0.05) is 17.8 Å². The third kappa shape index (κ3) is 2.49. The molecule has 0 aliphatic heterocycles. The van der Waals surface area contributed by atoms with Crippen LogP contribution >= 0.6 is 11.3 Å². The van der Waals surface area contributed by atoms with Crippen LogP contribution in [0.5, 0.6) is 0 Å². The third-order valence-corrected chi connectivity index (χ3v) is 4.20. The number of nitrogens with one attached hydrogen (secondary N) is 2. The van der Waals surface area contributed by atoms with E-state index in [0.717, 1.165) is 30.7 Å². The summed E-state index contributed by atoms with van der Waals surface area (Å²) in [6, 6.07) is 0. The van der Waals surface area contributed by atoms with Crippen LogP contribution in [0.25, 0.3) is 11.2 Å². The molecule has 0 spiro atoms. The van der Waals surface area contributed by atoms with Gasteiger partial charge in [0.1, 0.15) is 11.8 Å². The zero-order valence-electron chi connectivity index (χ0n) is 11.5. The number of anilines is 1. The smallest absolute Gasteiger partial charge is 0.182 e. The number of aromatic nitrogens is 5. The number of imidazole rings is 1. The highest BCUT2D eigenvalue weighted by molar-refractivity contribution is 7.11. The Kier molecular flexibility index (Phi) is 3.60. The fourth-order valence-corrected chi connectivity index (χ4v) is 3.13. The Morgan fingerprint density at radius 1 is 1.30 bits per heavy atom. The van der Waals surface area contributed by atoms with Gasteiger partial charge < -0.3 is 10.3 Å². The molecular formula is C13H16N6S. The van der Waals surface area contributed by atoms with E-state index in [1.165, 1.54) is 21.9 Å². The number of nitrogens with zero attached hydrogens (tertiary/aromatic N) is 4. The highest BCUT2D eigenvalue weighted by atomic mass is 32.1. The summed E-state index contributed by atoms with van der Waals surface area (Å²) in [5.74, 6) is 0.788. The fraction of sp³-hybridized carbons (Fsp3) is 0.385. The van der Waals surface area contributed by atoms with Gasteiger partial charge in [-0.3, -0.25) is 0 Å². The van der Waals surface area contributed by atoms with Gasteiger partial charge in [0.2, 0.25) is 0 Å². The standard InChI is InChI=1S/C13H16N6S/c1-3-9-8(2)20-10(19-9)4-5-14-12-11-13(16-6-15-11)18-7-17-12/h6-7H,3-5H2,1-2H3,(H2,14,15,16,17,18). The predicted octanol–water partition coefficient (Wildman–Crippen LogP) is 2.33. The van der Waals surface area contributed by atoms with Crippen LogP contribution in [0.2, 0.25) is 0 Å². The van der Waals surface area contributed by atoms with Crippen LogP contribution in [-0.2, 0) is 12.8 Å². The van der Waals surface area contributed by atoms with Gasteiger partial charge in [0.15, 0.2) is 11.5 Å². The van der Waals surface area contributed by atoms with Gasteiger partial charge in [-0.15, -0.1) is 11.3 Å². The van der Waals surface area contributed by atoms with Crippen molar-refractivity contribution in [3.63, 3.8) is 0 Å². The summed E-state index contributed by atoms with van der Waals surface area (Å²) < 4.78 is 0. The zero-order valence-corrected chi connectivity index (χ0v) is 12.3. The van der Waals surface area contributed by atoms with Crippen molar-refractivity contribution in [2.24, 2.45) is 0 Å². The molecule has 0 bridgehead atoms. The van der Waals surface area contributed by atoms with Gasteiger partial charge in [-0.2, -0.15) is 0 Å². The van der Waals surface area contributed by atoms with E-state index in [-0.39, 0.29) is 0 Å². The summed E-state index contributed by atoms with van der Waals surface area (Å²) in [6.45, 7) is 5.06. The Labute approximate surface area is 120 Å².